The van der Waals surface area contributed by atoms with Crippen molar-refractivity contribution in [2.75, 3.05) is 5.73 Å². The maximum absolute atomic E-state index is 8.68. The number of aromatic nitrogens is 2. The number of halogens is 1. The Hall–Kier alpha value is -1.55. The van der Waals surface area contributed by atoms with Gasteiger partial charge in [-0.3, -0.25) is 0 Å². The van der Waals surface area contributed by atoms with Crippen LogP contribution in [0.25, 0.3) is 5.69 Å². The highest BCUT2D eigenvalue weighted by atomic mass is 127. The van der Waals surface area contributed by atoms with E-state index in [1.165, 1.54) is 0 Å². The summed E-state index contributed by atoms with van der Waals surface area (Å²) in [5, 5.41) is 12.9. The van der Waals surface area contributed by atoms with E-state index < -0.39 is 0 Å². The summed E-state index contributed by atoms with van der Waals surface area (Å²) in [5.74, 6) is 0. The van der Waals surface area contributed by atoms with Gasteiger partial charge in [0.25, 0.3) is 0 Å². The highest BCUT2D eigenvalue weighted by Gasteiger charge is 2.03. The molecule has 1 aromatic heterocycles. The number of nitrogens with two attached hydrogens (primary N) is 1. The minimum Gasteiger partial charge on any atom is -0.398 e. The average Bonchev–Trinajstić information content (AvgIpc) is 2.69. The lowest BCUT2D eigenvalue weighted by Crippen LogP contribution is -1.99. The molecule has 0 aliphatic carbocycles. The van der Waals surface area contributed by atoms with E-state index in [1.807, 2.05) is 18.3 Å². The van der Waals surface area contributed by atoms with Crippen LogP contribution in [0.15, 0.2) is 30.6 Å². The summed E-state index contributed by atoms with van der Waals surface area (Å²) < 4.78 is 2.83. The lowest BCUT2D eigenvalue weighted by atomic mass is 10.1. The number of benzene rings is 1. The molecule has 0 atom stereocenters. The van der Waals surface area contributed by atoms with Crippen molar-refractivity contribution in [2.24, 2.45) is 0 Å². The highest BCUT2D eigenvalue weighted by Crippen LogP contribution is 2.18. The number of hydrogen-bond acceptors (Lipinski definition) is 3. The molecular formula is C11H9IN4. The van der Waals surface area contributed by atoms with Gasteiger partial charge in [-0.25, -0.2) is 4.68 Å². The molecule has 5 heteroatoms. The predicted octanol–water partition coefficient (Wildman–Crippen LogP) is 2.13. The van der Waals surface area contributed by atoms with Crippen LogP contribution in [0.2, 0.25) is 0 Å². The van der Waals surface area contributed by atoms with Crippen LogP contribution in [-0.4, -0.2) is 9.78 Å². The Morgan fingerprint density at radius 3 is 2.94 bits per heavy atom. The Morgan fingerprint density at radius 1 is 1.50 bits per heavy atom. The quantitative estimate of drug-likeness (QED) is 0.680. The molecule has 0 aliphatic heterocycles. The normalized spacial score (nSPS) is 10.0. The molecule has 2 rings (SSSR count). The van der Waals surface area contributed by atoms with Gasteiger partial charge >= 0.3 is 0 Å². The second kappa shape index (κ2) is 4.53. The van der Waals surface area contributed by atoms with E-state index in [0.29, 0.717) is 12.1 Å². The van der Waals surface area contributed by atoms with Crippen LogP contribution in [0.4, 0.5) is 5.69 Å². The molecule has 0 aliphatic rings. The van der Waals surface area contributed by atoms with E-state index >= 15 is 0 Å². The fourth-order valence-corrected chi connectivity index (χ4v) is 1.80. The van der Waals surface area contributed by atoms with E-state index in [2.05, 4.69) is 33.8 Å². The zero-order chi connectivity index (χ0) is 11.5. The van der Waals surface area contributed by atoms with E-state index in [1.54, 1.807) is 16.9 Å². The topological polar surface area (TPSA) is 67.6 Å². The number of hydrogen-bond donors (Lipinski definition) is 1. The van der Waals surface area contributed by atoms with Crippen molar-refractivity contribution < 1.29 is 0 Å². The van der Waals surface area contributed by atoms with Gasteiger partial charge in [0.05, 0.1) is 27.9 Å². The number of nitriles is 1. The molecule has 0 saturated carbocycles. The largest absolute Gasteiger partial charge is 0.398 e. The Morgan fingerprint density at radius 2 is 2.31 bits per heavy atom. The zero-order valence-corrected chi connectivity index (χ0v) is 10.5. The fourth-order valence-electron chi connectivity index (χ4n) is 1.41. The first-order chi connectivity index (χ1) is 7.70. The third-order valence-electron chi connectivity index (χ3n) is 2.21. The maximum Gasteiger partial charge on any atom is 0.0670 e. The molecule has 0 amide bonds. The van der Waals surface area contributed by atoms with Gasteiger partial charge in [0.2, 0.25) is 0 Å². The van der Waals surface area contributed by atoms with Crippen LogP contribution in [0, 0.1) is 14.9 Å². The van der Waals surface area contributed by atoms with Gasteiger partial charge in [-0.15, -0.1) is 0 Å². The van der Waals surface area contributed by atoms with Crippen molar-refractivity contribution in [3.8, 4) is 11.8 Å². The van der Waals surface area contributed by atoms with Gasteiger partial charge in [0.1, 0.15) is 0 Å². The minimum atomic E-state index is 0.317. The van der Waals surface area contributed by atoms with Crippen molar-refractivity contribution in [2.45, 2.75) is 6.42 Å². The van der Waals surface area contributed by atoms with Gasteiger partial charge < -0.3 is 5.73 Å². The van der Waals surface area contributed by atoms with E-state index in [-0.39, 0.29) is 0 Å². The smallest absolute Gasteiger partial charge is 0.0670 e. The summed E-state index contributed by atoms with van der Waals surface area (Å²) in [6.07, 6.45) is 4.02. The maximum atomic E-state index is 8.68. The molecule has 0 saturated heterocycles. The fraction of sp³-hybridized carbons (Fsp3) is 0.0909. The average molecular weight is 324 g/mol. The van der Waals surface area contributed by atoms with Crippen molar-refractivity contribution in [3.05, 3.63) is 39.7 Å². The SMILES string of the molecule is N#CCc1cc(-n2cc(I)cn2)ccc1N. The van der Waals surface area contributed by atoms with Crippen LogP contribution >= 0.6 is 22.6 Å². The van der Waals surface area contributed by atoms with Crippen LogP contribution in [0.5, 0.6) is 0 Å². The van der Waals surface area contributed by atoms with E-state index in [0.717, 1.165) is 14.8 Å². The third kappa shape index (κ3) is 2.17. The summed E-state index contributed by atoms with van der Waals surface area (Å²) in [5.41, 5.74) is 8.18. The Kier molecular flexibility index (Phi) is 3.10. The van der Waals surface area contributed by atoms with E-state index in [4.69, 9.17) is 11.0 Å². The standard InChI is InChI=1S/C11H9IN4/c12-9-6-15-16(7-9)10-1-2-11(14)8(5-10)3-4-13/h1-2,5-7H,3,14H2. The summed E-state index contributed by atoms with van der Waals surface area (Å²) in [4.78, 5) is 0. The summed E-state index contributed by atoms with van der Waals surface area (Å²) in [6, 6.07) is 7.68. The molecular weight excluding hydrogens is 315 g/mol. The first kappa shape index (κ1) is 11.0. The summed E-state index contributed by atoms with van der Waals surface area (Å²) in [7, 11) is 0. The molecule has 80 valence electrons. The van der Waals surface area contributed by atoms with Gasteiger partial charge in [0, 0.05) is 11.9 Å². The van der Waals surface area contributed by atoms with Gasteiger partial charge in [-0.05, 0) is 46.4 Å². The third-order valence-corrected chi connectivity index (χ3v) is 2.77. The number of nitrogen functional groups attached to an aromatic ring is 1. The van der Waals surface area contributed by atoms with Crippen LogP contribution < -0.4 is 5.73 Å². The molecule has 1 aromatic carbocycles. The zero-order valence-electron chi connectivity index (χ0n) is 8.39. The lowest BCUT2D eigenvalue weighted by Gasteiger charge is -2.05. The van der Waals surface area contributed by atoms with Crippen LogP contribution in [-0.2, 0) is 6.42 Å². The highest BCUT2D eigenvalue weighted by molar-refractivity contribution is 14.1. The second-order valence-electron chi connectivity index (χ2n) is 3.32. The first-order valence-corrected chi connectivity index (χ1v) is 5.74. The summed E-state index contributed by atoms with van der Waals surface area (Å²) in [6.45, 7) is 0. The Labute approximate surface area is 107 Å². The molecule has 0 bridgehead atoms. The molecule has 4 nitrogen and oxygen atoms in total. The molecule has 0 fully saturated rings. The number of nitrogens with zero attached hydrogens (tertiary/aromatic N) is 3. The minimum absolute atomic E-state index is 0.317. The van der Waals surface area contributed by atoms with Crippen molar-refractivity contribution >= 4 is 28.3 Å². The predicted molar refractivity (Wildman–Crippen MR) is 70.0 cm³/mol. The molecule has 0 radical (unpaired) electrons. The Balaban J connectivity index is 2.43. The summed E-state index contributed by atoms with van der Waals surface area (Å²) >= 11 is 2.20. The molecule has 16 heavy (non-hydrogen) atoms. The second-order valence-corrected chi connectivity index (χ2v) is 4.57. The Bertz CT molecular complexity index is 553. The van der Waals surface area contributed by atoms with Crippen molar-refractivity contribution in [3.63, 3.8) is 0 Å². The monoisotopic (exact) mass is 324 g/mol. The first-order valence-electron chi connectivity index (χ1n) is 4.66. The van der Waals surface area contributed by atoms with Crippen molar-refractivity contribution in [1.29, 1.82) is 5.26 Å². The van der Waals surface area contributed by atoms with Gasteiger partial charge in [-0.1, -0.05) is 0 Å². The lowest BCUT2D eigenvalue weighted by molar-refractivity contribution is 0.878. The van der Waals surface area contributed by atoms with Crippen LogP contribution in [0.1, 0.15) is 5.56 Å². The molecule has 2 aromatic rings. The molecule has 2 N–H and O–H groups in total. The van der Waals surface area contributed by atoms with Crippen LogP contribution in [0.3, 0.4) is 0 Å². The van der Waals surface area contributed by atoms with E-state index in [9.17, 15) is 0 Å². The van der Waals surface area contributed by atoms with Gasteiger partial charge in [-0.2, -0.15) is 10.4 Å². The van der Waals surface area contributed by atoms with Crippen molar-refractivity contribution in [1.82, 2.24) is 9.78 Å². The molecule has 1 heterocycles. The molecule has 0 spiro atoms. The number of anilines is 1. The molecule has 0 unspecified atom stereocenters. The number of rotatable bonds is 2. The van der Waals surface area contributed by atoms with Gasteiger partial charge in [0.15, 0.2) is 0 Å².